The van der Waals surface area contributed by atoms with Crippen molar-refractivity contribution >= 4 is 17.4 Å². The van der Waals surface area contributed by atoms with E-state index in [0.29, 0.717) is 23.8 Å². The minimum Gasteiger partial charge on any atom is -0.339 e. The van der Waals surface area contributed by atoms with Crippen LogP contribution in [-0.4, -0.2) is 16.2 Å². The van der Waals surface area contributed by atoms with E-state index in [1.807, 2.05) is 6.92 Å². The summed E-state index contributed by atoms with van der Waals surface area (Å²) in [4.78, 5) is 16.2. The first-order valence-corrected chi connectivity index (χ1v) is 8.03. The van der Waals surface area contributed by atoms with E-state index in [2.05, 4.69) is 20.8 Å². The van der Waals surface area contributed by atoms with Crippen molar-refractivity contribution in [2.75, 3.05) is 10.6 Å². The summed E-state index contributed by atoms with van der Waals surface area (Å²) in [5.41, 5.74) is 0.697. The number of hydrogen-bond acceptors (Lipinski definition) is 4. The maximum absolute atomic E-state index is 12.5. The van der Waals surface area contributed by atoms with Crippen LogP contribution in [-0.2, 0) is 12.6 Å². The van der Waals surface area contributed by atoms with Crippen molar-refractivity contribution in [3.8, 4) is 11.4 Å². The molecule has 1 heterocycles. The van der Waals surface area contributed by atoms with E-state index in [9.17, 15) is 18.0 Å². The normalized spacial score (nSPS) is 11.3. The van der Waals surface area contributed by atoms with Crippen LogP contribution in [0.5, 0.6) is 0 Å². The number of rotatable bonds is 4. The van der Waals surface area contributed by atoms with Gasteiger partial charge in [-0.05, 0) is 48.5 Å². The second-order valence-corrected chi connectivity index (χ2v) is 5.60. The Morgan fingerprint density at radius 2 is 1.56 bits per heavy atom. The van der Waals surface area contributed by atoms with E-state index in [1.165, 1.54) is 12.1 Å². The SMILES string of the molecule is CCc1nc(-c2ccc(NC(=O)Nc3ccc(C(F)(F)F)cc3)cc2)no1. The van der Waals surface area contributed by atoms with Crippen LogP contribution in [0.25, 0.3) is 11.4 Å². The van der Waals surface area contributed by atoms with Crippen molar-refractivity contribution in [3.63, 3.8) is 0 Å². The van der Waals surface area contributed by atoms with Crippen LogP contribution in [0.3, 0.4) is 0 Å². The summed E-state index contributed by atoms with van der Waals surface area (Å²) >= 11 is 0. The van der Waals surface area contributed by atoms with Gasteiger partial charge in [-0.15, -0.1) is 0 Å². The number of urea groups is 1. The molecule has 0 bridgehead atoms. The Hall–Kier alpha value is -3.36. The fourth-order valence-electron chi connectivity index (χ4n) is 2.25. The number of aromatic nitrogens is 2. The van der Waals surface area contributed by atoms with Gasteiger partial charge in [0.15, 0.2) is 0 Å². The molecule has 6 nitrogen and oxygen atoms in total. The molecule has 0 spiro atoms. The van der Waals surface area contributed by atoms with Crippen molar-refractivity contribution < 1.29 is 22.5 Å². The number of anilines is 2. The summed E-state index contributed by atoms with van der Waals surface area (Å²) in [5, 5.41) is 8.93. The van der Waals surface area contributed by atoms with Gasteiger partial charge in [0.1, 0.15) is 0 Å². The summed E-state index contributed by atoms with van der Waals surface area (Å²) in [6.45, 7) is 1.90. The molecule has 3 aromatic rings. The molecule has 0 aliphatic carbocycles. The van der Waals surface area contributed by atoms with E-state index < -0.39 is 17.8 Å². The number of amides is 2. The van der Waals surface area contributed by atoms with Crippen LogP contribution in [0.4, 0.5) is 29.3 Å². The monoisotopic (exact) mass is 376 g/mol. The highest BCUT2D eigenvalue weighted by Gasteiger charge is 2.29. The molecule has 0 aliphatic rings. The van der Waals surface area contributed by atoms with Gasteiger partial charge in [0, 0.05) is 23.4 Å². The molecule has 140 valence electrons. The number of carbonyl (C=O) groups excluding carboxylic acids is 1. The standard InChI is InChI=1S/C18H15F3N4O2/c1-2-15-24-16(25-27-15)11-3-7-13(8-4-11)22-17(26)23-14-9-5-12(6-10-14)18(19,20)21/h3-10H,2H2,1H3,(H2,22,23,26). The van der Waals surface area contributed by atoms with Gasteiger partial charge >= 0.3 is 12.2 Å². The lowest BCUT2D eigenvalue weighted by Crippen LogP contribution is -2.19. The Balaban J connectivity index is 1.60. The molecule has 3 rings (SSSR count). The summed E-state index contributed by atoms with van der Waals surface area (Å²) in [6, 6.07) is 10.4. The van der Waals surface area contributed by atoms with Crippen molar-refractivity contribution in [1.29, 1.82) is 0 Å². The molecule has 27 heavy (non-hydrogen) atoms. The minimum absolute atomic E-state index is 0.246. The summed E-state index contributed by atoms with van der Waals surface area (Å²) < 4.78 is 42.6. The largest absolute Gasteiger partial charge is 0.416 e. The Kier molecular flexibility index (Phi) is 5.11. The molecule has 2 N–H and O–H groups in total. The zero-order chi connectivity index (χ0) is 19.4. The Labute approximate surface area is 152 Å². The van der Waals surface area contributed by atoms with Gasteiger partial charge in [0.25, 0.3) is 0 Å². The highest BCUT2D eigenvalue weighted by atomic mass is 19.4. The maximum Gasteiger partial charge on any atom is 0.416 e. The molecule has 0 aliphatic heterocycles. The number of alkyl halides is 3. The molecular formula is C18H15F3N4O2. The third-order valence-electron chi connectivity index (χ3n) is 3.64. The van der Waals surface area contributed by atoms with Crippen molar-refractivity contribution in [2.24, 2.45) is 0 Å². The molecule has 2 aromatic carbocycles. The third-order valence-corrected chi connectivity index (χ3v) is 3.64. The molecule has 0 fully saturated rings. The lowest BCUT2D eigenvalue weighted by Gasteiger charge is -2.10. The molecule has 2 amide bonds. The number of benzene rings is 2. The van der Waals surface area contributed by atoms with Gasteiger partial charge in [0.05, 0.1) is 5.56 Å². The first kappa shape index (κ1) is 18.4. The lowest BCUT2D eigenvalue weighted by atomic mass is 10.2. The number of hydrogen-bond donors (Lipinski definition) is 2. The third kappa shape index (κ3) is 4.63. The predicted molar refractivity (Wildman–Crippen MR) is 93.2 cm³/mol. The van der Waals surface area contributed by atoms with Crippen LogP contribution >= 0.6 is 0 Å². The van der Waals surface area contributed by atoms with Gasteiger partial charge in [-0.2, -0.15) is 18.2 Å². The Morgan fingerprint density at radius 3 is 2.04 bits per heavy atom. The number of nitrogens with zero attached hydrogens (tertiary/aromatic N) is 2. The van der Waals surface area contributed by atoms with E-state index in [1.54, 1.807) is 24.3 Å². The zero-order valence-corrected chi connectivity index (χ0v) is 14.2. The highest BCUT2D eigenvalue weighted by Crippen LogP contribution is 2.29. The molecule has 0 atom stereocenters. The fraction of sp³-hybridized carbons (Fsp3) is 0.167. The Bertz CT molecular complexity index is 919. The van der Waals surface area contributed by atoms with E-state index in [4.69, 9.17) is 4.52 Å². The molecule has 1 aromatic heterocycles. The van der Waals surface area contributed by atoms with Crippen LogP contribution in [0.15, 0.2) is 53.1 Å². The molecule has 0 unspecified atom stereocenters. The number of halogens is 3. The average Bonchev–Trinajstić information content (AvgIpc) is 3.11. The van der Waals surface area contributed by atoms with E-state index in [-0.39, 0.29) is 5.69 Å². The number of nitrogens with one attached hydrogen (secondary N) is 2. The average molecular weight is 376 g/mol. The topological polar surface area (TPSA) is 80.0 Å². The van der Waals surface area contributed by atoms with Crippen LogP contribution in [0.2, 0.25) is 0 Å². The minimum atomic E-state index is -4.42. The fourth-order valence-corrected chi connectivity index (χ4v) is 2.25. The predicted octanol–water partition coefficient (Wildman–Crippen LogP) is 4.96. The van der Waals surface area contributed by atoms with Crippen LogP contribution < -0.4 is 10.6 Å². The summed E-state index contributed by atoms with van der Waals surface area (Å²) in [7, 11) is 0. The van der Waals surface area contributed by atoms with Gasteiger partial charge < -0.3 is 15.2 Å². The van der Waals surface area contributed by atoms with Gasteiger partial charge in [-0.3, -0.25) is 0 Å². The zero-order valence-electron chi connectivity index (χ0n) is 14.2. The van der Waals surface area contributed by atoms with Gasteiger partial charge in [-0.1, -0.05) is 12.1 Å². The first-order valence-electron chi connectivity index (χ1n) is 8.03. The van der Waals surface area contributed by atoms with Gasteiger partial charge in [-0.25, -0.2) is 4.79 Å². The Morgan fingerprint density at radius 1 is 1.00 bits per heavy atom. The van der Waals surface area contributed by atoms with E-state index >= 15 is 0 Å². The molecule has 9 heteroatoms. The smallest absolute Gasteiger partial charge is 0.339 e. The van der Waals surface area contributed by atoms with Crippen molar-refractivity contribution in [1.82, 2.24) is 10.1 Å². The van der Waals surface area contributed by atoms with Gasteiger partial charge in [0.2, 0.25) is 11.7 Å². The van der Waals surface area contributed by atoms with E-state index in [0.717, 1.165) is 17.7 Å². The second kappa shape index (κ2) is 7.48. The summed E-state index contributed by atoms with van der Waals surface area (Å²) in [6.07, 6.45) is -3.78. The quantitative estimate of drug-likeness (QED) is 0.674. The first-order chi connectivity index (χ1) is 12.8. The lowest BCUT2D eigenvalue weighted by molar-refractivity contribution is -0.137. The van der Waals surface area contributed by atoms with Crippen LogP contribution in [0.1, 0.15) is 18.4 Å². The summed E-state index contributed by atoms with van der Waals surface area (Å²) in [5.74, 6) is 0.982. The molecular weight excluding hydrogens is 361 g/mol. The molecule has 0 saturated heterocycles. The highest BCUT2D eigenvalue weighted by molar-refractivity contribution is 5.99. The number of carbonyl (C=O) groups is 1. The second-order valence-electron chi connectivity index (χ2n) is 5.60. The molecule has 0 saturated carbocycles. The van der Waals surface area contributed by atoms with Crippen LogP contribution in [0, 0.1) is 0 Å². The maximum atomic E-state index is 12.5. The molecule has 0 radical (unpaired) electrons. The van der Waals surface area contributed by atoms with Crippen molar-refractivity contribution in [2.45, 2.75) is 19.5 Å². The number of aryl methyl sites for hydroxylation is 1. The van der Waals surface area contributed by atoms with Crippen molar-refractivity contribution in [3.05, 3.63) is 60.0 Å².